The number of hydrogen-bond donors (Lipinski definition) is 2. The lowest BCUT2D eigenvalue weighted by Gasteiger charge is -2.12. The van der Waals surface area contributed by atoms with E-state index in [1.54, 1.807) is 10.6 Å². The van der Waals surface area contributed by atoms with Crippen molar-refractivity contribution in [3.8, 4) is 11.1 Å². The minimum atomic E-state index is -1.27. The Labute approximate surface area is 173 Å². The highest BCUT2D eigenvalue weighted by Gasteiger charge is 2.15. The molecule has 0 fully saturated rings. The first-order valence-electron chi connectivity index (χ1n) is 9.71. The van der Waals surface area contributed by atoms with Crippen molar-refractivity contribution >= 4 is 16.9 Å². The van der Waals surface area contributed by atoms with Crippen LogP contribution in [0, 0.1) is 0 Å². The van der Waals surface area contributed by atoms with Gasteiger partial charge in [0.1, 0.15) is 5.56 Å². The lowest BCUT2D eigenvalue weighted by atomic mass is 9.98. The van der Waals surface area contributed by atoms with Crippen molar-refractivity contribution in [2.24, 2.45) is 0 Å². The van der Waals surface area contributed by atoms with E-state index in [1.807, 2.05) is 42.5 Å². The van der Waals surface area contributed by atoms with E-state index in [9.17, 15) is 19.8 Å². The molecule has 1 aromatic heterocycles. The van der Waals surface area contributed by atoms with Gasteiger partial charge in [0.05, 0.1) is 12.1 Å². The molecule has 3 aromatic carbocycles. The number of nitrogens with zero attached hydrogens (tertiary/aromatic N) is 1. The van der Waals surface area contributed by atoms with Crippen molar-refractivity contribution in [2.75, 3.05) is 6.61 Å². The van der Waals surface area contributed by atoms with Crippen molar-refractivity contribution < 1.29 is 15.0 Å². The van der Waals surface area contributed by atoms with Crippen LogP contribution in [0.5, 0.6) is 0 Å². The van der Waals surface area contributed by atoms with Crippen LogP contribution >= 0.6 is 0 Å². The lowest BCUT2D eigenvalue weighted by Crippen LogP contribution is -2.19. The van der Waals surface area contributed by atoms with Crippen LogP contribution in [0.15, 0.2) is 83.8 Å². The molecule has 0 amide bonds. The number of pyridine rings is 1. The molecule has 4 aromatic rings. The molecular weight excluding hydrogens is 378 g/mol. The summed E-state index contributed by atoms with van der Waals surface area (Å²) in [5.74, 6) is -1.27. The average Bonchev–Trinajstić information content (AvgIpc) is 2.76. The van der Waals surface area contributed by atoms with Crippen molar-refractivity contribution in [3.63, 3.8) is 0 Å². The van der Waals surface area contributed by atoms with Gasteiger partial charge in [-0.2, -0.15) is 0 Å². The van der Waals surface area contributed by atoms with Crippen molar-refractivity contribution in [2.45, 2.75) is 13.0 Å². The van der Waals surface area contributed by atoms with E-state index in [0.29, 0.717) is 17.3 Å². The van der Waals surface area contributed by atoms with Crippen molar-refractivity contribution in [1.82, 2.24) is 4.57 Å². The van der Waals surface area contributed by atoms with Gasteiger partial charge in [0.15, 0.2) is 0 Å². The summed E-state index contributed by atoms with van der Waals surface area (Å²) in [5, 5.41) is 19.0. The standard InChI is InChI=1S/C25H21NO4/c27-12-11-26-16-22(25(29)30)24(28)21-15-18(9-10-23(21)26)13-17-5-4-8-20(14-17)19-6-2-1-3-7-19/h1-10,14-16,27H,11-13H2,(H,29,30). The molecule has 150 valence electrons. The monoisotopic (exact) mass is 399 g/mol. The third-order valence-corrected chi connectivity index (χ3v) is 5.16. The van der Waals surface area contributed by atoms with Crippen LogP contribution in [0.25, 0.3) is 22.0 Å². The molecule has 0 atom stereocenters. The van der Waals surface area contributed by atoms with E-state index in [2.05, 4.69) is 24.3 Å². The first kappa shape index (κ1) is 19.6. The Hall–Kier alpha value is -3.70. The van der Waals surface area contributed by atoms with Crippen LogP contribution in [-0.4, -0.2) is 27.4 Å². The Kier molecular flexibility index (Phi) is 5.46. The molecule has 0 saturated carbocycles. The molecule has 2 N–H and O–H groups in total. The van der Waals surface area contributed by atoms with Gasteiger partial charge >= 0.3 is 5.97 Å². The summed E-state index contributed by atoms with van der Waals surface area (Å²) in [7, 11) is 0. The van der Waals surface area contributed by atoms with Gasteiger partial charge in [0, 0.05) is 18.1 Å². The number of aliphatic hydroxyl groups excluding tert-OH is 1. The summed E-state index contributed by atoms with van der Waals surface area (Å²) in [4.78, 5) is 24.2. The molecule has 5 heteroatoms. The third kappa shape index (κ3) is 3.88. The Balaban J connectivity index is 1.75. The zero-order valence-corrected chi connectivity index (χ0v) is 16.3. The molecule has 0 aliphatic carbocycles. The maximum atomic E-state index is 12.7. The fourth-order valence-electron chi connectivity index (χ4n) is 3.73. The first-order chi connectivity index (χ1) is 14.6. The van der Waals surface area contributed by atoms with E-state index in [0.717, 1.165) is 22.3 Å². The van der Waals surface area contributed by atoms with Crippen molar-refractivity contribution in [3.05, 3.63) is 106 Å². The van der Waals surface area contributed by atoms with Crippen LogP contribution in [0.2, 0.25) is 0 Å². The Morgan fingerprint density at radius 3 is 2.33 bits per heavy atom. The quantitative estimate of drug-likeness (QED) is 0.515. The van der Waals surface area contributed by atoms with Crippen LogP contribution < -0.4 is 5.43 Å². The number of hydrogen-bond acceptors (Lipinski definition) is 3. The van der Waals surface area contributed by atoms with Gasteiger partial charge in [0.2, 0.25) is 5.43 Å². The second-order valence-corrected chi connectivity index (χ2v) is 7.19. The second kappa shape index (κ2) is 8.35. The Morgan fingerprint density at radius 2 is 1.60 bits per heavy atom. The summed E-state index contributed by atoms with van der Waals surface area (Å²) in [6.07, 6.45) is 1.92. The SMILES string of the molecule is O=C(O)c1cn(CCO)c2ccc(Cc3cccc(-c4ccccc4)c3)cc2c1=O. The molecule has 0 bridgehead atoms. The molecule has 0 aliphatic rings. The smallest absolute Gasteiger partial charge is 0.341 e. The largest absolute Gasteiger partial charge is 0.477 e. The topological polar surface area (TPSA) is 79.5 Å². The molecule has 4 rings (SSSR count). The van der Waals surface area contributed by atoms with Crippen LogP contribution in [-0.2, 0) is 13.0 Å². The molecular formula is C25H21NO4. The molecule has 0 radical (unpaired) electrons. The van der Waals surface area contributed by atoms with E-state index in [-0.39, 0.29) is 18.7 Å². The zero-order valence-electron chi connectivity index (χ0n) is 16.3. The average molecular weight is 399 g/mol. The molecule has 30 heavy (non-hydrogen) atoms. The number of carboxylic acids is 1. The first-order valence-corrected chi connectivity index (χ1v) is 9.71. The van der Waals surface area contributed by atoms with Crippen LogP contribution in [0.3, 0.4) is 0 Å². The van der Waals surface area contributed by atoms with Crippen LogP contribution in [0.1, 0.15) is 21.5 Å². The fraction of sp³-hybridized carbons (Fsp3) is 0.120. The molecule has 0 unspecified atom stereocenters. The molecule has 0 spiro atoms. The molecule has 0 saturated heterocycles. The lowest BCUT2D eigenvalue weighted by molar-refractivity contribution is 0.0694. The van der Waals surface area contributed by atoms with Gasteiger partial charge in [-0.05, 0) is 40.8 Å². The number of carboxylic acid groups (broad SMARTS) is 1. The summed E-state index contributed by atoms with van der Waals surface area (Å²) in [6.45, 7) is 0.0700. The van der Waals surface area contributed by atoms with Gasteiger partial charge in [-0.25, -0.2) is 4.79 Å². The number of rotatable bonds is 6. The second-order valence-electron chi connectivity index (χ2n) is 7.19. The predicted octanol–water partition coefficient (Wildman–Crippen LogP) is 3.95. The minimum absolute atomic E-state index is 0.148. The molecule has 0 aliphatic heterocycles. The van der Waals surface area contributed by atoms with E-state index >= 15 is 0 Å². The highest BCUT2D eigenvalue weighted by molar-refractivity contribution is 5.92. The zero-order chi connectivity index (χ0) is 21.1. The highest BCUT2D eigenvalue weighted by atomic mass is 16.4. The number of aliphatic hydroxyl groups is 1. The molecule has 1 heterocycles. The maximum absolute atomic E-state index is 12.7. The summed E-state index contributed by atoms with van der Waals surface area (Å²) in [5.41, 5.74) is 4.08. The summed E-state index contributed by atoms with van der Waals surface area (Å²) >= 11 is 0. The van der Waals surface area contributed by atoms with Gasteiger partial charge in [0.25, 0.3) is 0 Å². The Bertz CT molecular complexity index is 1280. The number of benzene rings is 3. The number of fused-ring (bicyclic) bond motifs is 1. The van der Waals surface area contributed by atoms with E-state index in [1.165, 1.54) is 6.20 Å². The van der Waals surface area contributed by atoms with Gasteiger partial charge < -0.3 is 14.8 Å². The van der Waals surface area contributed by atoms with E-state index in [4.69, 9.17) is 0 Å². The predicted molar refractivity (Wildman–Crippen MR) is 117 cm³/mol. The highest BCUT2D eigenvalue weighted by Crippen LogP contribution is 2.22. The normalized spacial score (nSPS) is 11.0. The minimum Gasteiger partial charge on any atom is -0.477 e. The number of carbonyl (C=O) groups is 1. The third-order valence-electron chi connectivity index (χ3n) is 5.16. The summed E-state index contributed by atoms with van der Waals surface area (Å²) < 4.78 is 1.61. The van der Waals surface area contributed by atoms with Crippen LogP contribution in [0.4, 0.5) is 0 Å². The Morgan fingerprint density at radius 1 is 0.867 bits per heavy atom. The molecule has 5 nitrogen and oxygen atoms in total. The number of aromatic nitrogens is 1. The fourth-order valence-corrected chi connectivity index (χ4v) is 3.73. The number of aromatic carboxylic acids is 1. The van der Waals surface area contributed by atoms with Gasteiger partial charge in [-0.15, -0.1) is 0 Å². The van der Waals surface area contributed by atoms with Crippen molar-refractivity contribution in [1.29, 1.82) is 0 Å². The van der Waals surface area contributed by atoms with E-state index < -0.39 is 11.4 Å². The maximum Gasteiger partial charge on any atom is 0.341 e. The van der Waals surface area contributed by atoms with Gasteiger partial charge in [-0.3, -0.25) is 4.79 Å². The summed E-state index contributed by atoms with van der Waals surface area (Å²) in [6, 6.07) is 23.8. The van der Waals surface area contributed by atoms with Gasteiger partial charge in [-0.1, -0.05) is 60.7 Å².